The van der Waals surface area contributed by atoms with Crippen LogP contribution in [0.15, 0.2) is 23.1 Å². The van der Waals surface area contributed by atoms with Crippen molar-refractivity contribution >= 4 is 10.0 Å². The van der Waals surface area contributed by atoms with Gasteiger partial charge in [-0.05, 0) is 50.6 Å². The number of hydrogen-bond acceptors (Lipinski definition) is 3. The van der Waals surface area contributed by atoms with E-state index in [0.717, 1.165) is 12.8 Å². The maximum atomic E-state index is 13.2. The first-order chi connectivity index (χ1) is 8.96. The Hall–Kier alpha value is -0.980. The van der Waals surface area contributed by atoms with Crippen molar-refractivity contribution in [3.8, 4) is 0 Å². The number of sulfonamides is 1. The Bertz CT molecular complexity index is 560. The second-order valence-electron chi connectivity index (χ2n) is 4.88. The minimum absolute atomic E-state index is 0.0136. The Morgan fingerprint density at radius 2 is 2.21 bits per heavy atom. The number of hydrogen-bond donors (Lipinski definition) is 1. The monoisotopic (exact) mass is 286 g/mol. The van der Waals surface area contributed by atoms with Crippen LogP contribution >= 0.6 is 0 Å². The fraction of sp³-hybridized carbons (Fsp3) is 0.538. The summed E-state index contributed by atoms with van der Waals surface area (Å²) in [5.74, 6) is -0.382. The van der Waals surface area contributed by atoms with Crippen LogP contribution in [0.3, 0.4) is 0 Å². The maximum absolute atomic E-state index is 13.2. The lowest BCUT2D eigenvalue weighted by atomic mass is 10.2. The van der Waals surface area contributed by atoms with E-state index in [2.05, 4.69) is 5.32 Å². The molecule has 1 aliphatic rings. The predicted molar refractivity (Wildman–Crippen MR) is 72.0 cm³/mol. The lowest BCUT2D eigenvalue weighted by Crippen LogP contribution is -2.40. The van der Waals surface area contributed by atoms with E-state index in [1.54, 1.807) is 6.92 Å². The topological polar surface area (TPSA) is 49.4 Å². The molecule has 0 aliphatic carbocycles. The zero-order valence-electron chi connectivity index (χ0n) is 11.2. The van der Waals surface area contributed by atoms with Gasteiger partial charge in [-0.25, -0.2) is 12.8 Å². The van der Waals surface area contributed by atoms with E-state index >= 15 is 0 Å². The third-order valence-electron chi connectivity index (χ3n) is 3.50. The third kappa shape index (κ3) is 2.80. The second kappa shape index (κ2) is 5.56. The average molecular weight is 286 g/mol. The van der Waals surface area contributed by atoms with Gasteiger partial charge in [-0.15, -0.1) is 0 Å². The number of halogens is 1. The van der Waals surface area contributed by atoms with E-state index in [-0.39, 0.29) is 16.8 Å². The SMILES string of the molecule is CNC[C@@H]1CCCN1S(=O)(=O)c1ccc(F)c(C)c1. The molecule has 1 N–H and O–H groups in total. The van der Waals surface area contributed by atoms with Crippen LogP contribution in [0.2, 0.25) is 0 Å². The normalized spacial score (nSPS) is 20.9. The number of likely N-dealkylation sites (N-methyl/N-ethyl adjacent to an activating group) is 1. The Kier molecular flexibility index (Phi) is 4.23. The molecule has 1 aromatic rings. The zero-order chi connectivity index (χ0) is 14.0. The molecular weight excluding hydrogens is 267 g/mol. The van der Waals surface area contributed by atoms with E-state index in [1.807, 2.05) is 7.05 Å². The van der Waals surface area contributed by atoms with Gasteiger partial charge in [-0.1, -0.05) is 0 Å². The maximum Gasteiger partial charge on any atom is 0.243 e. The van der Waals surface area contributed by atoms with Crippen molar-refractivity contribution in [1.29, 1.82) is 0 Å². The van der Waals surface area contributed by atoms with Crippen LogP contribution in [-0.4, -0.2) is 38.9 Å². The number of benzene rings is 1. The zero-order valence-corrected chi connectivity index (χ0v) is 12.0. The fourth-order valence-electron chi connectivity index (χ4n) is 2.48. The standard InChI is InChI=1S/C13H19FN2O2S/c1-10-8-12(5-6-13(10)14)19(17,18)16-7-3-4-11(16)9-15-2/h5-6,8,11,15H,3-4,7,9H2,1-2H3/t11-/m0/s1. The minimum atomic E-state index is -3.52. The van der Waals surface area contributed by atoms with Crippen molar-refractivity contribution in [2.45, 2.75) is 30.7 Å². The third-order valence-corrected chi connectivity index (χ3v) is 5.45. The average Bonchev–Trinajstić information content (AvgIpc) is 2.82. The highest BCUT2D eigenvalue weighted by Gasteiger charge is 2.34. The van der Waals surface area contributed by atoms with Crippen molar-refractivity contribution in [2.24, 2.45) is 0 Å². The highest BCUT2D eigenvalue weighted by atomic mass is 32.2. The molecule has 1 saturated heterocycles. The molecule has 1 heterocycles. The number of aryl methyl sites for hydroxylation is 1. The smallest absolute Gasteiger partial charge is 0.243 e. The van der Waals surface area contributed by atoms with Crippen molar-refractivity contribution in [2.75, 3.05) is 20.1 Å². The summed E-state index contributed by atoms with van der Waals surface area (Å²) in [5, 5.41) is 3.02. The lowest BCUT2D eigenvalue weighted by Gasteiger charge is -2.24. The first-order valence-corrected chi connectivity index (χ1v) is 7.83. The second-order valence-corrected chi connectivity index (χ2v) is 6.77. The highest BCUT2D eigenvalue weighted by molar-refractivity contribution is 7.89. The predicted octanol–water partition coefficient (Wildman–Crippen LogP) is 1.51. The van der Waals surface area contributed by atoms with E-state index in [1.165, 1.54) is 22.5 Å². The summed E-state index contributed by atoms with van der Waals surface area (Å²) in [4.78, 5) is 0.175. The van der Waals surface area contributed by atoms with Gasteiger partial charge in [0.05, 0.1) is 4.90 Å². The quantitative estimate of drug-likeness (QED) is 0.912. The first-order valence-electron chi connectivity index (χ1n) is 6.39. The summed E-state index contributed by atoms with van der Waals surface area (Å²) in [6.45, 7) is 2.74. The van der Waals surface area contributed by atoms with Gasteiger partial charge < -0.3 is 5.32 Å². The van der Waals surface area contributed by atoms with Gasteiger partial charge in [-0.2, -0.15) is 4.31 Å². The first kappa shape index (κ1) is 14.4. The summed E-state index contributed by atoms with van der Waals surface area (Å²) in [6, 6.07) is 3.94. The van der Waals surface area contributed by atoms with Crippen LogP contribution < -0.4 is 5.32 Å². The van der Waals surface area contributed by atoms with Gasteiger partial charge in [0.2, 0.25) is 10.0 Å². The summed E-state index contributed by atoms with van der Waals surface area (Å²) < 4.78 is 39.9. The van der Waals surface area contributed by atoms with E-state index < -0.39 is 10.0 Å². The summed E-state index contributed by atoms with van der Waals surface area (Å²) in [6.07, 6.45) is 1.73. The fourth-order valence-corrected chi connectivity index (χ4v) is 4.26. The molecule has 6 heteroatoms. The van der Waals surface area contributed by atoms with E-state index in [9.17, 15) is 12.8 Å². The Balaban J connectivity index is 2.33. The van der Waals surface area contributed by atoms with Crippen LogP contribution in [0.4, 0.5) is 4.39 Å². The summed E-state index contributed by atoms with van der Waals surface area (Å²) in [5.41, 5.74) is 0.352. The van der Waals surface area contributed by atoms with Crippen molar-refractivity contribution in [3.63, 3.8) is 0 Å². The van der Waals surface area contributed by atoms with Crippen LogP contribution in [0, 0.1) is 12.7 Å². The van der Waals surface area contributed by atoms with Gasteiger partial charge in [0.1, 0.15) is 5.82 Å². The van der Waals surface area contributed by atoms with E-state index in [4.69, 9.17) is 0 Å². The van der Waals surface area contributed by atoms with Gasteiger partial charge in [0.25, 0.3) is 0 Å². The molecule has 0 unspecified atom stereocenters. The molecule has 106 valence electrons. The molecule has 0 aromatic heterocycles. The largest absolute Gasteiger partial charge is 0.318 e. The van der Waals surface area contributed by atoms with Crippen LogP contribution in [0.25, 0.3) is 0 Å². The molecule has 0 amide bonds. The molecule has 1 atom stereocenters. The summed E-state index contributed by atoms with van der Waals surface area (Å²) in [7, 11) is -1.71. The van der Waals surface area contributed by atoms with Crippen LogP contribution in [0.5, 0.6) is 0 Å². The lowest BCUT2D eigenvalue weighted by molar-refractivity contribution is 0.379. The van der Waals surface area contributed by atoms with Crippen LogP contribution in [0.1, 0.15) is 18.4 Å². The van der Waals surface area contributed by atoms with Crippen molar-refractivity contribution in [1.82, 2.24) is 9.62 Å². The molecule has 0 bridgehead atoms. The molecule has 1 aliphatic heterocycles. The Morgan fingerprint density at radius 1 is 1.47 bits per heavy atom. The number of nitrogens with one attached hydrogen (secondary N) is 1. The van der Waals surface area contributed by atoms with E-state index in [0.29, 0.717) is 18.7 Å². The van der Waals surface area contributed by atoms with Crippen molar-refractivity contribution in [3.05, 3.63) is 29.6 Å². The highest BCUT2D eigenvalue weighted by Crippen LogP contribution is 2.26. The summed E-state index contributed by atoms with van der Waals surface area (Å²) >= 11 is 0. The van der Waals surface area contributed by atoms with Gasteiger partial charge in [0, 0.05) is 19.1 Å². The minimum Gasteiger partial charge on any atom is -0.318 e. The number of rotatable bonds is 4. The van der Waals surface area contributed by atoms with Crippen LogP contribution in [-0.2, 0) is 10.0 Å². The molecule has 1 aromatic carbocycles. The van der Waals surface area contributed by atoms with Gasteiger partial charge in [-0.3, -0.25) is 0 Å². The Morgan fingerprint density at radius 3 is 2.84 bits per heavy atom. The van der Waals surface area contributed by atoms with Crippen molar-refractivity contribution < 1.29 is 12.8 Å². The molecule has 2 rings (SSSR count). The molecule has 4 nitrogen and oxygen atoms in total. The molecule has 1 fully saturated rings. The number of nitrogens with zero attached hydrogens (tertiary/aromatic N) is 1. The Labute approximate surface area is 113 Å². The molecule has 19 heavy (non-hydrogen) atoms. The van der Waals surface area contributed by atoms with Gasteiger partial charge in [0.15, 0.2) is 0 Å². The van der Waals surface area contributed by atoms with Gasteiger partial charge >= 0.3 is 0 Å². The molecule has 0 spiro atoms. The molecular formula is C13H19FN2O2S. The molecule has 0 radical (unpaired) electrons. The molecule has 0 saturated carbocycles.